The van der Waals surface area contributed by atoms with Crippen LogP contribution < -0.4 is 15.1 Å². The number of hydrogen-bond donors (Lipinski definition) is 1. The van der Waals surface area contributed by atoms with Crippen LogP contribution in [0.3, 0.4) is 0 Å². The Morgan fingerprint density at radius 3 is 2.59 bits per heavy atom. The van der Waals surface area contributed by atoms with Crippen molar-refractivity contribution in [1.29, 1.82) is 0 Å². The second-order valence-electron chi connectivity index (χ2n) is 6.31. The zero-order chi connectivity index (χ0) is 19.2. The van der Waals surface area contributed by atoms with Gasteiger partial charge in [0.25, 0.3) is 0 Å². The lowest BCUT2D eigenvalue weighted by Crippen LogP contribution is -2.47. The van der Waals surface area contributed by atoms with Gasteiger partial charge < -0.3 is 19.9 Å². The Labute approximate surface area is 157 Å². The molecule has 0 aromatic carbocycles. The van der Waals surface area contributed by atoms with E-state index in [1.807, 2.05) is 30.0 Å². The Balaban J connectivity index is 1.77. The van der Waals surface area contributed by atoms with E-state index in [2.05, 4.69) is 25.2 Å². The average Bonchev–Trinajstić information content (AvgIpc) is 2.68. The molecule has 0 aliphatic carbocycles. The van der Waals surface area contributed by atoms with E-state index in [0.717, 1.165) is 5.82 Å². The van der Waals surface area contributed by atoms with Gasteiger partial charge in [-0.15, -0.1) is 0 Å². The minimum Gasteiger partial charge on any atom is -0.383 e. The van der Waals surface area contributed by atoms with Crippen LogP contribution in [0, 0.1) is 10.1 Å². The maximum absolute atomic E-state index is 11.7. The van der Waals surface area contributed by atoms with E-state index >= 15 is 0 Å². The number of piperazine rings is 1. The Morgan fingerprint density at radius 1 is 1.22 bits per heavy atom. The molecule has 1 aliphatic rings. The summed E-state index contributed by atoms with van der Waals surface area (Å²) in [5.74, 6) is 1.45. The molecule has 3 heterocycles. The lowest BCUT2D eigenvalue weighted by molar-refractivity contribution is -0.383. The van der Waals surface area contributed by atoms with Crippen molar-refractivity contribution in [3.63, 3.8) is 0 Å². The summed E-state index contributed by atoms with van der Waals surface area (Å²) in [6, 6.07) is 5.67. The third kappa shape index (κ3) is 4.40. The van der Waals surface area contributed by atoms with Crippen LogP contribution in [0.4, 0.5) is 23.1 Å². The molecule has 10 nitrogen and oxygen atoms in total. The average molecular weight is 373 g/mol. The van der Waals surface area contributed by atoms with Crippen molar-refractivity contribution in [3.05, 3.63) is 40.8 Å². The number of methoxy groups -OCH3 is 1. The Hall–Kier alpha value is -3.01. The van der Waals surface area contributed by atoms with Crippen LogP contribution in [0.25, 0.3) is 0 Å². The molecule has 1 N–H and O–H groups in total. The highest BCUT2D eigenvalue weighted by atomic mass is 16.6. The molecule has 2 aromatic rings. The van der Waals surface area contributed by atoms with Crippen LogP contribution in [-0.4, -0.2) is 65.8 Å². The van der Waals surface area contributed by atoms with Crippen molar-refractivity contribution in [3.8, 4) is 0 Å². The molecule has 1 aliphatic heterocycles. The second-order valence-corrected chi connectivity index (χ2v) is 6.31. The van der Waals surface area contributed by atoms with Gasteiger partial charge in [-0.1, -0.05) is 6.07 Å². The van der Waals surface area contributed by atoms with Gasteiger partial charge in [-0.05, 0) is 19.1 Å². The third-order valence-electron chi connectivity index (χ3n) is 4.34. The zero-order valence-electron chi connectivity index (χ0n) is 15.4. The Bertz CT molecular complexity index is 766. The zero-order valence-corrected chi connectivity index (χ0v) is 15.4. The first-order valence-corrected chi connectivity index (χ1v) is 8.76. The topological polar surface area (TPSA) is 110 Å². The number of nitrogens with one attached hydrogen (secondary N) is 1. The molecule has 1 unspecified atom stereocenters. The Kier molecular flexibility index (Phi) is 5.97. The second kappa shape index (κ2) is 8.58. The maximum Gasteiger partial charge on any atom is 0.353 e. The molecule has 144 valence electrons. The molecule has 1 atom stereocenters. The van der Waals surface area contributed by atoms with E-state index in [0.29, 0.717) is 38.6 Å². The molecule has 1 fully saturated rings. The van der Waals surface area contributed by atoms with Gasteiger partial charge in [-0.3, -0.25) is 10.1 Å². The fourth-order valence-electron chi connectivity index (χ4n) is 3.09. The highest BCUT2D eigenvalue weighted by Gasteiger charge is 2.30. The number of nitro groups is 1. The molecule has 0 saturated carbocycles. The number of anilines is 3. The summed E-state index contributed by atoms with van der Waals surface area (Å²) in [7, 11) is 1.58. The van der Waals surface area contributed by atoms with E-state index in [9.17, 15) is 10.1 Å². The predicted molar refractivity (Wildman–Crippen MR) is 102 cm³/mol. The van der Waals surface area contributed by atoms with E-state index in [4.69, 9.17) is 4.74 Å². The number of aromatic nitrogens is 3. The fourth-order valence-corrected chi connectivity index (χ4v) is 3.09. The third-order valence-corrected chi connectivity index (χ3v) is 4.34. The molecule has 3 rings (SSSR count). The fraction of sp³-hybridized carbons (Fsp3) is 0.471. The van der Waals surface area contributed by atoms with Gasteiger partial charge in [0, 0.05) is 45.5 Å². The van der Waals surface area contributed by atoms with Crippen LogP contribution in [0.2, 0.25) is 0 Å². The van der Waals surface area contributed by atoms with Crippen molar-refractivity contribution >= 4 is 23.1 Å². The highest BCUT2D eigenvalue weighted by molar-refractivity contribution is 5.70. The largest absolute Gasteiger partial charge is 0.383 e. The van der Waals surface area contributed by atoms with Crippen molar-refractivity contribution < 1.29 is 9.66 Å². The molecule has 0 amide bonds. The van der Waals surface area contributed by atoms with Crippen molar-refractivity contribution in [2.45, 2.75) is 13.0 Å². The smallest absolute Gasteiger partial charge is 0.353 e. The molecule has 0 bridgehead atoms. The van der Waals surface area contributed by atoms with Gasteiger partial charge in [0.2, 0.25) is 11.6 Å². The summed E-state index contributed by atoms with van der Waals surface area (Å²) >= 11 is 0. The van der Waals surface area contributed by atoms with Gasteiger partial charge in [0.05, 0.1) is 11.5 Å². The van der Waals surface area contributed by atoms with Gasteiger partial charge in [0.15, 0.2) is 0 Å². The van der Waals surface area contributed by atoms with Crippen LogP contribution in [0.5, 0.6) is 0 Å². The number of rotatable bonds is 7. The first kappa shape index (κ1) is 18.8. The van der Waals surface area contributed by atoms with Crippen LogP contribution in [-0.2, 0) is 4.74 Å². The maximum atomic E-state index is 11.7. The highest BCUT2D eigenvalue weighted by Crippen LogP contribution is 2.32. The van der Waals surface area contributed by atoms with Gasteiger partial charge in [0.1, 0.15) is 12.1 Å². The molecule has 2 aromatic heterocycles. The first-order valence-electron chi connectivity index (χ1n) is 8.76. The molecule has 0 spiro atoms. The van der Waals surface area contributed by atoms with E-state index in [-0.39, 0.29) is 17.5 Å². The first-order chi connectivity index (χ1) is 13.1. The number of ether oxygens (including phenoxy) is 1. The normalized spacial score (nSPS) is 15.5. The van der Waals surface area contributed by atoms with E-state index in [1.165, 1.54) is 6.33 Å². The lowest BCUT2D eigenvalue weighted by Gasteiger charge is -2.35. The summed E-state index contributed by atoms with van der Waals surface area (Å²) in [6.07, 6.45) is 3.12. The monoisotopic (exact) mass is 373 g/mol. The van der Waals surface area contributed by atoms with Crippen molar-refractivity contribution in [2.75, 3.05) is 55.0 Å². The molecular formula is C17H23N7O3. The molecular weight excluding hydrogens is 350 g/mol. The predicted octanol–water partition coefficient (Wildman–Crippen LogP) is 1.55. The summed E-state index contributed by atoms with van der Waals surface area (Å²) in [4.78, 5) is 28.0. The molecule has 1 saturated heterocycles. The van der Waals surface area contributed by atoms with Crippen LogP contribution in [0.1, 0.15) is 6.92 Å². The minimum atomic E-state index is -0.428. The summed E-state index contributed by atoms with van der Waals surface area (Å²) in [6.45, 7) is 4.94. The van der Waals surface area contributed by atoms with Gasteiger partial charge in [-0.2, -0.15) is 0 Å². The van der Waals surface area contributed by atoms with Crippen molar-refractivity contribution in [1.82, 2.24) is 15.0 Å². The van der Waals surface area contributed by atoms with Crippen LogP contribution >= 0.6 is 0 Å². The van der Waals surface area contributed by atoms with E-state index < -0.39 is 4.92 Å². The Morgan fingerprint density at radius 2 is 1.96 bits per heavy atom. The quantitative estimate of drug-likeness (QED) is 0.571. The summed E-state index contributed by atoms with van der Waals surface area (Å²) < 4.78 is 5.08. The molecule has 27 heavy (non-hydrogen) atoms. The number of hydrogen-bond acceptors (Lipinski definition) is 9. The SMILES string of the molecule is COCC(C)Nc1ncnc(N2CCN(c3ccccn3)CC2)c1[N+](=O)[O-]. The van der Waals surface area contributed by atoms with Crippen molar-refractivity contribution in [2.24, 2.45) is 0 Å². The number of pyridine rings is 1. The van der Waals surface area contributed by atoms with E-state index in [1.54, 1.807) is 13.3 Å². The molecule has 10 heteroatoms. The van der Waals surface area contributed by atoms with Gasteiger partial charge in [-0.25, -0.2) is 15.0 Å². The molecule has 0 radical (unpaired) electrons. The summed E-state index contributed by atoms with van der Waals surface area (Å²) in [5, 5.41) is 14.8. The van der Waals surface area contributed by atoms with Gasteiger partial charge >= 0.3 is 5.69 Å². The van der Waals surface area contributed by atoms with Crippen LogP contribution in [0.15, 0.2) is 30.7 Å². The minimum absolute atomic E-state index is 0.105. The standard InChI is InChI=1S/C17H23N7O3/c1-13(11-27-2)21-16-15(24(25)26)17(20-12-19-16)23-9-7-22(8-10-23)14-5-3-4-6-18-14/h3-6,12-13H,7-11H2,1-2H3,(H,19,20,21). The number of nitrogens with zero attached hydrogens (tertiary/aromatic N) is 6. The lowest BCUT2D eigenvalue weighted by atomic mass is 10.2. The summed E-state index contributed by atoms with van der Waals surface area (Å²) in [5.41, 5.74) is -0.105.